The van der Waals surface area contributed by atoms with Crippen LogP contribution in [0.1, 0.15) is 55.2 Å². The minimum atomic E-state index is 0. The smallest absolute Gasteiger partial charge is 0.214 e. The van der Waals surface area contributed by atoms with Crippen molar-refractivity contribution in [3.05, 3.63) is 52.7 Å². The zero-order chi connectivity index (χ0) is 20.6. The Labute approximate surface area is 198 Å². The Balaban J connectivity index is 0.00000320. The topological polar surface area (TPSA) is 65.7 Å². The van der Waals surface area contributed by atoms with Gasteiger partial charge >= 0.3 is 0 Å². The largest absolute Gasteiger partial charge is 0.444 e. The van der Waals surface area contributed by atoms with Crippen molar-refractivity contribution in [1.82, 2.24) is 20.5 Å². The zero-order valence-corrected chi connectivity index (χ0v) is 21.0. The maximum absolute atomic E-state index is 5.65. The van der Waals surface area contributed by atoms with Gasteiger partial charge in [-0.2, -0.15) is 0 Å². The highest BCUT2D eigenvalue weighted by Gasteiger charge is 2.16. The summed E-state index contributed by atoms with van der Waals surface area (Å²) in [5.41, 5.74) is 3.59. The Kier molecular flexibility index (Phi) is 10.1. The number of benzene rings is 1. The van der Waals surface area contributed by atoms with Gasteiger partial charge in [0, 0.05) is 13.1 Å². The molecular formula is C23H36IN5O. The van der Waals surface area contributed by atoms with Gasteiger partial charge < -0.3 is 15.1 Å². The molecule has 3 rings (SSSR count). The number of nitrogens with zero attached hydrogens (tertiary/aromatic N) is 3. The second-order valence-corrected chi connectivity index (χ2v) is 8.03. The number of aryl methyl sites for hydroxylation is 2. The lowest BCUT2D eigenvalue weighted by molar-refractivity contribution is 0.185. The van der Waals surface area contributed by atoms with Crippen LogP contribution in [0, 0.1) is 19.8 Å². The van der Waals surface area contributed by atoms with Crippen molar-refractivity contribution in [3.63, 3.8) is 0 Å². The molecule has 0 amide bonds. The van der Waals surface area contributed by atoms with Gasteiger partial charge in [-0.3, -0.25) is 4.90 Å². The first-order chi connectivity index (χ1) is 14.0. The Morgan fingerprint density at radius 1 is 1.17 bits per heavy atom. The number of hydrogen-bond acceptors (Lipinski definition) is 4. The minimum absolute atomic E-state index is 0. The summed E-state index contributed by atoms with van der Waals surface area (Å²) in [6.07, 6.45) is 2.60. The molecule has 1 fully saturated rings. The van der Waals surface area contributed by atoms with Gasteiger partial charge in [0.1, 0.15) is 5.76 Å². The number of oxazole rings is 1. The number of hydrogen-bond donors (Lipinski definition) is 2. The number of rotatable bonds is 7. The van der Waals surface area contributed by atoms with Crippen LogP contribution < -0.4 is 10.6 Å². The van der Waals surface area contributed by atoms with Crippen LogP contribution in [0.25, 0.3) is 0 Å². The fraction of sp³-hybridized carbons (Fsp3) is 0.565. The predicted octanol–water partition coefficient (Wildman–Crippen LogP) is 4.40. The van der Waals surface area contributed by atoms with E-state index in [1.165, 1.54) is 37.1 Å². The van der Waals surface area contributed by atoms with Crippen LogP contribution in [-0.2, 0) is 19.6 Å². The molecule has 1 aromatic heterocycles. The molecule has 6 nitrogen and oxygen atoms in total. The first kappa shape index (κ1) is 24.7. The molecule has 2 N–H and O–H groups in total. The molecule has 0 unspecified atom stereocenters. The van der Waals surface area contributed by atoms with Gasteiger partial charge in [-0.05, 0) is 63.7 Å². The molecule has 2 heterocycles. The number of guanidine groups is 1. The maximum atomic E-state index is 5.65. The minimum Gasteiger partial charge on any atom is -0.444 e. The van der Waals surface area contributed by atoms with Gasteiger partial charge in [0.2, 0.25) is 5.89 Å². The lowest BCUT2D eigenvalue weighted by atomic mass is 9.98. The highest BCUT2D eigenvalue weighted by Crippen LogP contribution is 2.20. The van der Waals surface area contributed by atoms with Gasteiger partial charge in [-0.1, -0.05) is 31.2 Å². The Hall–Kier alpha value is -1.61. The molecule has 0 bridgehead atoms. The Bertz CT molecular complexity index is 792. The molecule has 7 heteroatoms. The van der Waals surface area contributed by atoms with E-state index in [2.05, 4.69) is 58.6 Å². The number of nitrogens with one attached hydrogen (secondary N) is 2. The van der Waals surface area contributed by atoms with Crippen molar-refractivity contribution in [2.24, 2.45) is 10.9 Å². The summed E-state index contributed by atoms with van der Waals surface area (Å²) in [6, 6.07) is 8.66. The monoisotopic (exact) mass is 525 g/mol. The second kappa shape index (κ2) is 12.3. The van der Waals surface area contributed by atoms with E-state index in [-0.39, 0.29) is 24.0 Å². The number of aromatic nitrogens is 1. The van der Waals surface area contributed by atoms with E-state index in [9.17, 15) is 0 Å². The van der Waals surface area contributed by atoms with Crippen molar-refractivity contribution in [2.75, 3.05) is 19.6 Å². The number of piperidine rings is 1. The third kappa shape index (κ3) is 7.27. The van der Waals surface area contributed by atoms with E-state index in [1.807, 2.05) is 13.8 Å². The van der Waals surface area contributed by atoms with Crippen LogP contribution in [0.15, 0.2) is 33.7 Å². The SMILES string of the molecule is CCNC(=NCc1ccccc1CN1CCC(C)CC1)NCc1nc(C)c(C)o1.I. The molecule has 1 aliphatic heterocycles. The Morgan fingerprint density at radius 2 is 1.87 bits per heavy atom. The molecule has 0 spiro atoms. The summed E-state index contributed by atoms with van der Waals surface area (Å²) >= 11 is 0. The molecule has 1 aliphatic rings. The molecule has 0 aliphatic carbocycles. The summed E-state index contributed by atoms with van der Waals surface area (Å²) in [7, 11) is 0. The van der Waals surface area contributed by atoms with E-state index < -0.39 is 0 Å². The highest BCUT2D eigenvalue weighted by atomic mass is 127. The first-order valence-electron chi connectivity index (χ1n) is 10.8. The van der Waals surface area contributed by atoms with Crippen LogP contribution in [0.2, 0.25) is 0 Å². The van der Waals surface area contributed by atoms with Crippen LogP contribution >= 0.6 is 24.0 Å². The van der Waals surface area contributed by atoms with Crippen LogP contribution in [0.4, 0.5) is 0 Å². The summed E-state index contributed by atoms with van der Waals surface area (Å²) in [4.78, 5) is 11.8. The van der Waals surface area contributed by atoms with Crippen molar-refractivity contribution in [2.45, 2.75) is 60.2 Å². The van der Waals surface area contributed by atoms with Gasteiger partial charge in [-0.15, -0.1) is 24.0 Å². The highest BCUT2D eigenvalue weighted by molar-refractivity contribution is 14.0. The van der Waals surface area contributed by atoms with Crippen molar-refractivity contribution < 1.29 is 4.42 Å². The average Bonchev–Trinajstić information content (AvgIpc) is 3.04. The maximum Gasteiger partial charge on any atom is 0.214 e. The van der Waals surface area contributed by atoms with Gasteiger partial charge in [-0.25, -0.2) is 9.98 Å². The number of halogens is 1. The number of aliphatic imine (C=N–C) groups is 1. The first-order valence-corrected chi connectivity index (χ1v) is 10.8. The van der Waals surface area contributed by atoms with E-state index in [0.717, 1.165) is 36.4 Å². The quantitative estimate of drug-likeness (QED) is 0.319. The van der Waals surface area contributed by atoms with E-state index >= 15 is 0 Å². The average molecular weight is 525 g/mol. The van der Waals surface area contributed by atoms with Crippen LogP contribution in [0.5, 0.6) is 0 Å². The molecular weight excluding hydrogens is 489 g/mol. The molecule has 2 aromatic rings. The van der Waals surface area contributed by atoms with Crippen molar-refractivity contribution >= 4 is 29.9 Å². The Morgan fingerprint density at radius 3 is 2.50 bits per heavy atom. The lowest BCUT2D eigenvalue weighted by Crippen LogP contribution is -2.37. The second-order valence-electron chi connectivity index (χ2n) is 8.03. The van der Waals surface area contributed by atoms with Crippen LogP contribution in [-0.4, -0.2) is 35.5 Å². The molecule has 0 atom stereocenters. The van der Waals surface area contributed by atoms with Gasteiger partial charge in [0.25, 0.3) is 0 Å². The molecule has 1 saturated heterocycles. The number of likely N-dealkylation sites (tertiary alicyclic amines) is 1. The molecule has 0 radical (unpaired) electrons. The van der Waals surface area contributed by atoms with Gasteiger partial charge in [0.15, 0.2) is 5.96 Å². The van der Waals surface area contributed by atoms with Crippen molar-refractivity contribution in [3.8, 4) is 0 Å². The van der Waals surface area contributed by atoms with E-state index in [4.69, 9.17) is 9.41 Å². The normalized spacial score (nSPS) is 15.7. The van der Waals surface area contributed by atoms with Crippen molar-refractivity contribution in [1.29, 1.82) is 0 Å². The molecule has 166 valence electrons. The standard InChI is InChI=1S/C23H35N5O.HI/c1-5-24-23(26-15-22-27-18(3)19(4)29-22)25-14-20-8-6-7-9-21(20)16-28-12-10-17(2)11-13-28;/h6-9,17H,5,10-16H2,1-4H3,(H2,24,25,26);1H. The fourth-order valence-corrected chi connectivity index (χ4v) is 3.61. The molecule has 1 aromatic carbocycles. The summed E-state index contributed by atoms with van der Waals surface area (Å²) < 4.78 is 5.65. The van der Waals surface area contributed by atoms with E-state index in [0.29, 0.717) is 19.0 Å². The third-order valence-corrected chi connectivity index (χ3v) is 5.62. The third-order valence-electron chi connectivity index (χ3n) is 5.62. The van der Waals surface area contributed by atoms with E-state index in [1.54, 1.807) is 0 Å². The molecule has 30 heavy (non-hydrogen) atoms. The van der Waals surface area contributed by atoms with Gasteiger partial charge in [0.05, 0.1) is 18.8 Å². The summed E-state index contributed by atoms with van der Waals surface area (Å²) in [6.45, 7) is 13.7. The summed E-state index contributed by atoms with van der Waals surface area (Å²) in [5, 5.41) is 6.63. The zero-order valence-electron chi connectivity index (χ0n) is 18.7. The lowest BCUT2D eigenvalue weighted by Gasteiger charge is -2.30. The predicted molar refractivity (Wildman–Crippen MR) is 133 cm³/mol. The fourth-order valence-electron chi connectivity index (χ4n) is 3.61. The van der Waals surface area contributed by atoms with Crippen LogP contribution in [0.3, 0.4) is 0 Å². The summed E-state index contributed by atoms with van der Waals surface area (Å²) in [5.74, 6) is 3.19. The molecule has 0 saturated carbocycles.